The number of nitrogens with zero attached hydrogens (tertiary/aromatic N) is 4. The molecule has 3 saturated carbocycles. The van der Waals surface area contributed by atoms with Gasteiger partial charge in [-0.3, -0.25) is 0 Å². The van der Waals surface area contributed by atoms with Crippen LogP contribution in [0.4, 0.5) is 0 Å². The molecule has 4 aromatic heterocycles. The van der Waals surface area contributed by atoms with Crippen LogP contribution in [-0.2, 0) is 58.3 Å². The Kier molecular flexibility index (Phi) is 11.3. The molecule has 3 fully saturated rings. The Labute approximate surface area is 468 Å². The molecule has 0 amide bonds. The van der Waals surface area contributed by atoms with Crippen molar-refractivity contribution in [3.63, 3.8) is 0 Å². The molecule has 0 bridgehead atoms. The number of fused-ring (bicyclic) bond motifs is 3. The topological polar surface area (TPSA) is 75.6 Å². The zero-order chi connectivity index (χ0) is 59.8. The van der Waals surface area contributed by atoms with Gasteiger partial charge in [-0.1, -0.05) is 91.9 Å². The van der Waals surface area contributed by atoms with Crippen LogP contribution >= 0.6 is 0 Å². The van der Waals surface area contributed by atoms with E-state index in [1.165, 1.54) is 18.6 Å². The van der Waals surface area contributed by atoms with Gasteiger partial charge in [-0.05, 0) is 175 Å². The van der Waals surface area contributed by atoms with E-state index in [4.69, 9.17) is 9.40 Å². The van der Waals surface area contributed by atoms with Crippen molar-refractivity contribution in [1.82, 2.24) is 15.0 Å². The van der Waals surface area contributed by atoms with E-state index in [1.807, 2.05) is 55.5 Å². The number of hydrogen-bond donors (Lipinski definition) is 0. The summed E-state index contributed by atoms with van der Waals surface area (Å²) in [5, 5.41) is 11.4. The van der Waals surface area contributed by atoms with Crippen LogP contribution in [0.25, 0.3) is 55.7 Å². The molecule has 0 unspecified atom stereocenters. The Balaban J connectivity index is 0.00000768. The number of nitriles is 1. The van der Waals surface area contributed by atoms with Crippen molar-refractivity contribution < 1.29 is 41.0 Å². The van der Waals surface area contributed by atoms with Gasteiger partial charge in [-0.15, -0.1) is 90.0 Å². The van der Waals surface area contributed by atoms with E-state index in [-0.39, 0.29) is 54.5 Å². The van der Waals surface area contributed by atoms with Crippen LogP contribution < -0.4 is 0 Å². The molecule has 0 aliphatic heterocycles. The van der Waals surface area contributed by atoms with E-state index < -0.39 is 54.9 Å². The van der Waals surface area contributed by atoms with E-state index in [1.54, 1.807) is 42.5 Å². The Bertz CT molecular complexity index is 3910. The van der Waals surface area contributed by atoms with Crippen LogP contribution in [0.15, 0.2) is 132 Å². The van der Waals surface area contributed by atoms with E-state index in [0.29, 0.717) is 85.6 Å². The average Bonchev–Trinajstić information content (AvgIpc) is 0.820. The molecule has 3 aliphatic rings. The number of rotatable bonds is 15. The summed E-state index contributed by atoms with van der Waals surface area (Å²) in [7, 11) is 0. The largest absolute Gasteiger partial charge is 3.00 e. The monoisotopic (exact) mass is 1160 g/mol. The summed E-state index contributed by atoms with van der Waals surface area (Å²) in [5.74, 6) is -0.485. The van der Waals surface area contributed by atoms with Crippen molar-refractivity contribution in [3.05, 3.63) is 207 Å². The molecule has 370 valence electrons. The van der Waals surface area contributed by atoms with Crippen molar-refractivity contribution in [2.45, 2.75) is 140 Å². The fourth-order valence-electron chi connectivity index (χ4n) is 11.5. The van der Waals surface area contributed by atoms with Gasteiger partial charge in [-0.25, -0.2) is 0 Å². The SMILES string of the molecule is [2H]C([2H])(c1cc(C([2H])([2H])C([2H])([2H])c2cnc(-c3[c-]cccc3)cc2C2CCCC2)cc(C([2H])([2H])C([2H])([2H])c2cnc(-c3[c-]ccc4c3oc3c(C)c(C#N)ccc34)cc2C2CCCC2)c1)C([2H])([2H])c1cnc(-c2[c-]cccc2)cc1C1CCCC1.[Ir+3]. The van der Waals surface area contributed by atoms with E-state index in [2.05, 4.69) is 34.2 Å². The number of benzene rings is 5. The molecule has 0 saturated heterocycles. The first kappa shape index (κ1) is 37.3. The smallest absolute Gasteiger partial charge is 0.500 e. The molecule has 5 nitrogen and oxygen atoms in total. The fraction of sp³-hybridized carbons (Fsp3) is 0.324. The zero-order valence-electron chi connectivity index (χ0n) is 53.4. The average molecular weight is 1160 g/mol. The molecule has 0 N–H and O–H groups in total. The van der Waals surface area contributed by atoms with Crippen molar-refractivity contribution in [2.24, 2.45) is 0 Å². The molecule has 74 heavy (non-hydrogen) atoms. The summed E-state index contributed by atoms with van der Waals surface area (Å²) in [6.07, 6.45) is -4.62. The quantitative estimate of drug-likeness (QED) is 0.0956. The van der Waals surface area contributed by atoms with Crippen LogP contribution in [0.1, 0.15) is 172 Å². The Morgan fingerprint density at radius 3 is 1.42 bits per heavy atom. The maximum Gasteiger partial charge on any atom is 3.00 e. The van der Waals surface area contributed by atoms with Gasteiger partial charge in [-0.2, -0.15) is 5.26 Å². The first-order valence-electron chi connectivity index (χ1n) is 31.9. The maximum absolute atomic E-state index is 10.1. The molecule has 6 heteroatoms. The fourth-order valence-corrected chi connectivity index (χ4v) is 11.5. The first-order chi connectivity index (χ1) is 40.6. The van der Waals surface area contributed by atoms with Gasteiger partial charge in [0, 0.05) is 46.0 Å². The molecular weight excluding hydrogens is 1080 g/mol. The second-order valence-electron chi connectivity index (χ2n) is 19.9. The van der Waals surface area contributed by atoms with Crippen LogP contribution in [0.5, 0.6) is 0 Å². The third-order valence-corrected chi connectivity index (χ3v) is 15.3. The van der Waals surface area contributed by atoms with Crippen LogP contribution in [-0.4, -0.2) is 15.0 Å². The molecule has 9 aromatic rings. The van der Waals surface area contributed by atoms with Gasteiger partial charge in [0.15, 0.2) is 0 Å². The van der Waals surface area contributed by atoms with Crippen LogP contribution in [0.2, 0.25) is 0 Å². The normalized spacial score (nSPS) is 18.9. The van der Waals surface area contributed by atoms with Crippen LogP contribution in [0, 0.1) is 36.5 Å². The van der Waals surface area contributed by atoms with Crippen molar-refractivity contribution >= 4 is 21.9 Å². The van der Waals surface area contributed by atoms with Gasteiger partial charge < -0.3 is 19.4 Å². The van der Waals surface area contributed by atoms with Gasteiger partial charge in [0.05, 0.1) is 17.2 Å². The molecule has 0 atom stereocenters. The van der Waals surface area contributed by atoms with Gasteiger partial charge >= 0.3 is 20.1 Å². The van der Waals surface area contributed by atoms with Crippen LogP contribution in [0.3, 0.4) is 0 Å². The van der Waals surface area contributed by atoms with Crippen molar-refractivity contribution in [3.8, 4) is 39.8 Å². The predicted octanol–water partition coefficient (Wildman–Crippen LogP) is 16.7. The molecule has 12 rings (SSSR count). The molecule has 4 heterocycles. The summed E-state index contributed by atoms with van der Waals surface area (Å²) in [5.41, 5.74) is 5.44. The Hall–Kier alpha value is -6.51. The molecule has 5 aromatic carbocycles. The summed E-state index contributed by atoms with van der Waals surface area (Å²) < 4.78 is 127. The zero-order valence-corrected chi connectivity index (χ0v) is 43.8. The summed E-state index contributed by atoms with van der Waals surface area (Å²) in [6, 6.07) is 42.3. The minimum atomic E-state index is -3.14. The first-order valence-corrected chi connectivity index (χ1v) is 25.9. The Morgan fingerprint density at radius 1 is 0.527 bits per heavy atom. The summed E-state index contributed by atoms with van der Waals surface area (Å²) in [6.45, 7) is 1.82. The van der Waals surface area contributed by atoms with Gasteiger partial charge in [0.2, 0.25) is 0 Å². The van der Waals surface area contributed by atoms with E-state index >= 15 is 0 Å². The molecule has 0 radical (unpaired) electrons. The molecular formula is C68H63IrN4O. The third-order valence-electron chi connectivity index (χ3n) is 15.3. The standard InChI is InChI=1S/C68H63N4O.Ir/c1-45-54(41-69)33-34-59-58-25-14-26-60(68(58)73-67(45)59)66-40-63(51-19-12-13-20-51)57(44-72-66)32-29-48-36-46(27-30-55-42-70-64(52-21-4-2-5-22-52)38-61(55)49-15-8-9-16-49)35-47(37-48)28-31-56-43-71-65(53-23-6-3-7-24-53)39-62(56)50-17-10-11-18-50;/h2-7,14,21,23,25,33-40,42-44,49-51H,8-13,15-20,27-32H2,1H3;/q-3;+3/i27D2,28D2,29D2,30D2,31D2,32D2;. The minimum absolute atomic E-state index is 0. The number of aromatic nitrogens is 3. The number of furan rings is 1. The molecule has 0 spiro atoms. The van der Waals surface area contributed by atoms with Crippen molar-refractivity contribution in [2.75, 3.05) is 0 Å². The van der Waals surface area contributed by atoms with Gasteiger partial charge in [0.1, 0.15) is 5.58 Å². The van der Waals surface area contributed by atoms with E-state index in [0.717, 1.165) is 93.2 Å². The predicted molar refractivity (Wildman–Crippen MR) is 295 cm³/mol. The number of pyridine rings is 3. The second kappa shape index (κ2) is 22.5. The Morgan fingerprint density at radius 2 is 0.973 bits per heavy atom. The molecule has 3 aliphatic carbocycles. The number of aryl methyl sites for hydroxylation is 7. The van der Waals surface area contributed by atoms with Gasteiger partial charge in [0.25, 0.3) is 0 Å². The second-order valence-corrected chi connectivity index (χ2v) is 19.9. The summed E-state index contributed by atoms with van der Waals surface area (Å²) >= 11 is 0. The minimum Gasteiger partial charge on any atom is -0.500 e. The van der Waals surface area contributed by atoms with E-state index in [9.17, 15) is 21.7 Å². The maximum atomic E-state index is 10.1. The van der Waals surface area contributed by atoms with Crippen molar-refractivity contribution in [1.29, 1.82) is 5.26 Å². The summed E-state index contributed by atoms with van der Waals surface area (Å²) in [4.78, 5) is 14.2. The third kappa shape index (κ3) is 10.4. The number of hydrogen-bond acceptors (Lipinski definition) is 5.